The van der Waals surface area contributed by atoms with E-state index in [1.54, 1.807) is 19.1 Å². The Morgan fingerprint density at radius 1 is 1.29 bits per heavy atom. The number of nitrogens with two attached hydrogens (primary N) is 2. The van der Waals surface area contributed by atoms with Gasteiger partial charge >= 0.3 is 11.9 Å². The largest absolute Gasteiger partial charge is 0.389 e. The van der Waals surface area contributed by atoms with E-state index in [1.807, 2.05) is 0 Å². The van der Waals surface area contributed by atoms with Crippen LogP contribution < -0.4 is 11.5 Å². The van der Waals surface area contributed by atoms with E-state index in [9.17, 15) is 14.4 Å². The quantitative estimate of drug-likeness (QED) is 0.288. The minimum atomic E-state index is -1.03. The molecule has 1 atom stereocenters. The highest BCUT2D eigenvalue weighted by molar-refractivity contribution is 5.94. The molecule has 0 aromatic rings. The van der Waals surface area contributed by atoms with E-state index in [1.165, 1.54) is 6.08 Å². The number of amides is 1. The van der Waals surface area contributed by atoms with Crippen LogP contribution in [0.5, 0.6) is 0 Å². The second-order valence-electron chi connectivity index (χ2n) is 3.24. The van der Waals surface area contributed by atoms with Gasteiger partial charge in [-0.1, -0.05) is 18.2 Å². The number of rotatable bonds is 6. The molecule has 4 N–H and O–H groups in total. The maximum atomic E-state index is 11.2. The number of esters is 2. The van der Waals surface area contributed by atoms with Crippen molar-refractivity contribution in [3.63, 3.8) is 0 Å². The topological polar surface area (TPSA) is 112 Å². The first kappa shape index (κ1) is 15.0. The van der Waals surface area contributed by atoms with Crippen LogP contribution in [0.3, 0.4) is 0 Å². The molecule has 0 aliphatic carbocycles. The average molecular weight is 240 g/mol. The summed E-state index contributed by atoms with van der Waals surface area (Å²) in [4.78, 5) is 32.7. The summed E-state index contributed by atoms with van der Waals surface area (Å²) in [5, 5.41) is 0. The van der Waals surface area contributed by atoms with E-state index in [4.69, 9.17) is 11.5 Å². The Kier molecular flexibility index (Phi) is 7.29. The lowest BCUT2D eigenvalue weighted by atomic mass is 10.1. The fraction of sp³-hybridized carbons (Fsp3) is 0.364. The Hall–Kier alpha value is -1.95. The van der Waals surface area contributed by atoms with Gasteiger partial charge in [-0.3, -0.25) is 4.79 Å². The molecular weight excluding hydrogens is 224 g/mol. The SMILES string of the molecule is C/C=C/C=C/C(=O)OC(=O)[C@@H](N)CCC(N)=O. The van der Waals surface area contributed by atoms with Crippen LogP contribution >= 0.6 is 0 Å². The molecule has 0 saturated carbocycles. The van der Waals surface area contributed by atoms with Gasteiger partial charge < -0.3 is 16.2 Å². The number of primary amides is 1. The maximum Gasteiger partial charge on any atom is 0.338 e. The van der Waals surface area contributed by atoms with E-state index in [0.717, 1.165) is 6.08 Å². The summed E-state index contributed by atoms with van der Waals surface area (Å²) in [5.74, 6) is -2.24. The van der Waals surface area contributed by atoms with Crippen molar-refractivity contribution in [2.24, 2.45) is 11.5 Å². The molecule has 0 unspecified atom stereocenters. The summed E-state index contributed by atoms with van der Waals surface area (Å²) in [6.45, 7) is 1.78. The Balaban J connectivity index is 4.07. The molecule has 0 saturated heterocycles. The van der Waals surface area contributed by atoms with E-state index < -0.39 is 23.9 Å². The summed E-state index contributed by atoms with van der Waals surface area (Å²) in [6, 6.07) is -1.03. The van der Waals surface area contributed by atoms with Crippen LogP contribution in [0.15, 0.2) is 24.3 Å². The minimum absolute atomic E-state index is 0.0289. The van der Waals surface area contributed by atoms with Crippen molar-refractivity contribution in [2.75, 3.05) is 0 Å². The molecule has 0 radical (unpaired) electrons. The van der Waals surface area contributed by atoms with Gasteiger partial charge in [0.1, 0.15) is 6.04 Å². The zero-order valence-corrected chi connectivity index (χ0v) is 9.59. The van der Waals surface area contributed by atoms with E-state index >= 15 is 0 Å². The summed E-state index contributed by atoms with van der Waals surface area (Å²) < 4.78 is 4.42. The van der Waals surface area contributed by atoms with Crippen molar-refractivity contribution in [3.8, 4) is 0 Å². The highest BCUT2D eigenvalue weighted by Crippen LogP contribution is 1.97. The van der Waals surface area contributed by atoms with E-state index in [2.05, 4.69) is 4.74 Å². The highest BCUT2D eigenvalue weighted by Gasteiger charge is 2.17. The van der Waals surface area contributed by atoms with Crippen LogP contribution in [-0.4, -0.2) is 23.9 Å². The summed E-state index contributed by atoms with van der Waals surface area (Å²) >= 11 is 0. The number of hydrogen-bond donors (Lipinski definition) is 2. The number of carbonyl (C=O) groups is 3. The van der Waals surface area contributed by atoms with E-state index in [-0.39, 0.29) is 12.8 Å². The van der Waals surface area contributed by atoms with Gasteiger partial charge in [-0.25, -0.2) is 9.59 Å². The minimum Gasteiger partial charge on any atom is -0.389 e. The van der Waals surface area contributed by atoms with Crippen LogP contribution in [0, 0.1) is 0 Å². The van der Waals surface area contributed by atoms with Gasteiger partial charge in [0.2, 0.25) is 5.91 Å². The monoisotopic (exact) mass is 240 g/mol. The van der Waals surface area contributed by atoms with Crippen molar-refractivity contribution in [1.82, 2.24) is 0 Å². The fourth-order valence-corrected chi connectivity index (χ4v) is 0.870. The lowest BCUT2D eigenvalue weighted by Gasteiger charge is -2.07. The first-order valence-corrected chi connectivity index (χ1v) is 5.06. The lowest BCUT2D eigenvalue weighted by Crippen LogP contribution is -2.34. The number of hydrogen-bond acceptors (Lipinski definition) is 5. The molecule has 0 heterocycles. The van der Waals surface area contributed by atoms with Crippen molar-refractivity contribution < 1.29 is 19.1 Å². The Morgan fingerprint density at radius 3 is 2.47 bits per heavy atom. The summed E-state index contributed by atoms with van der Waals surface area (Å²) in [7, 11) is 0. The normalized spacial score (nSPS) is 12.8. The van der Waals surface area contributed by atoms with Gasteiger partial charge in [-0.2, -0.15) is 0 Å². The molecule has 0 aromatic carbocycles. The van der Waals surface area contributed by atoms with Gasteiger partial charge in [0.25, 0.3) is 0 Å². The Bertz CT molecular complexity index is 347. The lowest BCUT2D eigenvalue weighted by molar-refractivity contribution is -0.157. The van der Waals surface area contributed by atoms with Crippen molar-refractivity contribution in [1.29, 1.82) is 0 Å². The van der Waals surface area contributed by atoms with Crippen molar-refractivity contribution in [3.05, 3.63) is 24.3 Å². The number of allylic oxidation sites excluding steroid dienone is 3. The van der Waals surface area contributed by atoms with Crippen LogP contribution in [0.1, 0.15) is 19.8 Å². The zero-order chi connectivity index (χ0) is 13.3. The molecule has 0 aliphatic heterocycles. The third kappa shape index (κ3) is 7.92. The Labute approximate surface area is 99.3 Å². The van der Waals surface area contributed by atoms with Crippen molar-refractivity contribution in [2.45, 2.75) is 25.8 Å². The van der Waals surface area contributed by atoms with Crippen LogP contribution in [0.25, 0.3) is 0 Å². The number of carbonyl (C=O) groups excluding carboxylic acids is 3. The molecule has 17 heavy (non-hydrogen) atoms. The highest BCUT2D eigenvalue weighted by atomic mass is 16.6. The second kappa shape index (κ2) is 8.23. The van der Waals surface area contributed by atoms with Crippen LogP contribution in [-0.2, 0) is 19.1 Å². The van der Waals surface area contributed by atoms with Gasteiger partial charge in [-0.05, 0) is 13.3 Å². The molecule has 1 amide bonds. The first-order valence-electron chi connectivity index (χ1n) is 5.06. The molecule has 0 aliphatic rings. The predicted octanol–water partition coefficient (Wildman–Crippen LogP) is -0.219. The molecule has 6 nitrogen and oxygen atoms in total. The predicted molar refractivity (Wildman–Crippen MR) is 61.5 cm³/mol. The van der Waals surface area contributed by atoms with Crippen LogP contribution in [0.2, 0.25) is 0 Å². The standard InChI is InChI=1S/C11H16N2O4/c1-2-3-4-5-10(15)17-11(16)8(12)6-7-9(13)14/h2-5,8H,6-7,12H2,1H3,(H2,13,14)/b3-2+,5-4+/t8-/m0/s1. The smallest absolute Gasteiger partial charge is 0.338 e. The van der Waals surface area contributed by atoms with Gasteiger partial charge in [0, 0.05) is 12.5 Å². The maximum absolute atomic E-state index is 11.2. The molecule has 0 bridgehead atoms. The molecule has 0 aromatic heterocycles. The van der Waals surface area contributed by atoms with Gasteiger partial charge in [0.05, 0.1) is 0 Å². The Morgan fingerprint density at radius 2 is 1.94 bits per heavy atom. The average Bonchev–Trinajstić information content (AvgIpc) is 2.26. The summed E-state index contributed by atoms with van der Waals surface area (Å²) in [6.07, 6.45) is 5.88. The third-order valence-corrected chi connectivity index (χ3v) is 1.74. The molecule has 0 fully saturated rings. The molecule has 0 spiro atoms. The second-order valence-corrected chi connectivity index (χ2v) is 3.24. The molecule has 94 valence electrons. The van der Waals surface area contributed by atoms with E-state index in [0.29, 0.717) is 0 Å². The molecular formula is C11H16N2O4. The third-order valence-electron chi connectivity index (χ3n) is 1.74. The fourth-order valence-electron chi connectivity index (χ4n) is 0.870. The van der Waals surface area contributed by atoms with Crippen LogP contribution in [0.4, 0.5) is 0 Å². The molecule has 0 rings (SSSR count). The first-order chi connectivity index (χ1) is 7.97. The van der Waals surface area contributed by atoms with Gasteiger partial charge in [0.15, 0.2) is 0 Å². The zero-order valence-electron chi connectivity index (χ0n) is 9.59. The summed E-state index contributed by atoms with van der Waals surface area (Å²) in [5.41, 5.74) is 10.3. The van der Waals surface area contributed by atoms with Crippen molar-refractivity contribution >= 4 is 17.8 Å². The number of ether oxygens (including phenoxy) is 1. The molecule has 6 heteroatoms. The van der Waals surface area contributed by atoms with Gasteiger partial charge in [-0.15, -0.1) is 0 Å².